The molecular formula is C21H42N3O5P. The van der Waals surface area contributed by atoms with Crippen molar-refractivity contribution in [1.82, 2.24) is 10.6 Å². The Morgan fingerprint density at radius 2 is 1.73 bits per heavy atom. The molecule has 0 radical (unpaired) electrons. The first-order valence-corrected chi connectivity index (χ1v) is 13.3. The van der Waals surface area contributed by atoms with Gasteiger partial charge in [-0.1, -0.05) is 53.4 Å². The molecule has 9 heteroatoms. The van der Waals surface area contributed by atoms with Gasteiger partial charge in [-0.15, -0.1) is 0 Å². The van der Waals surface area contributed by atoms with E-state index in [-0.39, 0.29) is 42.5 Å². The van der Waals surface area contributed by atoms with E-state index in [1.165, 1.54) is 6.42 Å². The largest absolute Gasteiger partial charge is 0.391 e. The van der Waals surface area contributed by atoms with Gasteiger partial charge in [0.25, 0.3) is 0 Å². The van der Waals surface area contributed by atoms with Crippen molar-refractivity contribution < 1.29 is 24.2 Å². The molecule has 5 unspecified atom stereocenters. The van der Waals surface area contributed by atoms with Gasteiger partial charge in [0.1, 0.15) is 6.04 Å². The van der Waals surface area contributed by atoms with Crippen molar-refractivity contribution in [1.29, 1.82) is 0 Å². The lowest BCUT2D eigenvalue weighted by Crippen LogP contribution is -2.55. The lowest BCUT2D eigenvalue weighted by molar-refractivity contribution is -0.131. The van der Waals surface area contributed by atoms with E-state index in [1.54, 1.807) is 0 Å². The molecule has 0 saturated heterocycles. The maximum Gasteiger partial charge on any atom is 0.242 e. The third-order valence-corrected chi connectivity index (χ3v) is 8.16. The normalized spacial score (nSPS) is 21.3. The van der Waals surface area contributed by atoms with Gasteiger partial charge >= 0.3 is 0 Å². The molecule has 0 bridgehead atoms. The summed E-state index contributed by atoms with van der Waals surface area (Å²) in [7, 11) is -3.46. The van der Waals surface area contributed by atoms with Crippen molar-refractivity contribution >= 4 is 19.2 Å². The van der Waals surface area contributed by atoms with E-state index in [2.05, 4.69) is 10.6 Å². The molecule has 6 N–H and O–H groups in total. The van der Waals surface area contributed by atoms with E-state index in [4.69, 9.17) is 5.73 Å². The Morgan fingerprint density at radius 1 is 1.13 bits per heavy atom. The Bertz CT molecular complexity index is 595. The number of hydrogen-bond donors (Lipinski definition) is 5. The summed E-state index contributed by atoms with van der Waals surface area (Å²) >= 11 is 0. The maximum atomic E-state index is 12.6. The summed E-state index contributed by atoms with van der Waals surface area (Å²) in [6, 6.07) is -1.49. The zero-order valence-electron chi connectivity index (χ0n) is 19.0. The molecule has 1 aliphatic carbocycles. The standard InChI is InChI=1S/C21H42N3O5P/c1-5-15(4)18(22)20(26)24-19(14(2)3)21(27)23-11-17(25)13-30(28,29)12-16-9-7-6-8-10-16/h14-19,25H,5-13,22H2,1-4H3,(H,23,27)(H,24,26)(H,28,29). The second-order valence-electron chi connectivity index (χ2n) is 9.26. The monoisotopic (exact) mass is 447 g/mol. The number of nitrogens with one attached hydrogen (secondary N) is 2. The van der Waals surface area contributed by atoms with Crippen LogP contribution in [-0.2, 0) is 14.2 Å². The smallest absolute Gasteiger partial charge is 0.242 e. The Balaban J connectivity index is 2.53. The van der Waals surface area contributed by atoms with Gasteiger partial charge in [0.05, 0.1) is 18.3 Å². The molecule has 1 rings (SSSR count). The van der Waals surface area contributed by atoms with E-state index < -0.39 is 31.5 Å². The van der Waals surface area contributed by atoms with Crippen molar-refractivity contribution in [2.75, 3.05) is 18.9 Å². The van der Waals surface area contributed by atoms with Gasteiger partial charge in [0, 0.05) is 12.7 Å². The molecule has 1 fully saturated rings. The minimum absolute atomic E-state index is 0.00874. The summed E-state index contributed by atoms with van der Waals surface area (Å²) in [5.41, 5.74) is 5.95. The van der Waals surface area contributed by atoms with Crippen LogP contribution in [0, 0.1) is 17.8 Å². The Hall–Kier alpha value is -0.950. The number of carbonyl (C=O) groups is 2. The minimum Gasteiger partial charge on any atom is -0.391 e. The fourth-order valence-corrected chi connectivity index (χ4v) is 5.98. The highest BCUT2D eigenvalue weighted by atomic mass is 31.2. The summed E-state index contributed by atoms with van der Waals surface area (Å²) in [4.78, 5) is 35.2. The topological polar surface area (TPSA) is 142 Å². The molecule has 8 nitrogen and oxygen atoms in total. The zero-order valence-corrected chi connectivity index (χ0v) is 19.9. The molecule has 0 heterocycles. The minimum atomic E-state index is -3.46. The SMILES string of the molecule is CCC(C)C(N)C(=O)NC(C(=O)NCC(O)CP(=O)(O)CC1CCCCC1)C(C)C. The molecule has 30 heavy (non-hydrogen) atoms. The molecule has 0 aromatic carbocycles. The van der Waals surface area contributed by atoms with Crippen molar-refractivity contribution in [3.63, 3.8) is 0 Å². The van der Waals surface area contributed by atoms with E-state index >= 15 is 0 Å². The van der Waals surface area contributed by atoms with Crippen LogP contribution < -0.4 is 16.4 Å². The van der Waals surface area contributed by atoms with Gasteiger partial charge in [-0.2, -0.15) is 0 Å². The Kier molecular flexibility index (Phi) is 11.6. The van der Waals surface area contributed by atoms with E-state index in [0.29, 0.717) is 0 Å². The van der Waals surface area contributed by atoms with Crippen molar-refractivity contribution in [3.05, 3.63) is 0 Å². The van der Waals surface area contributed by atoms with Crippen LogP contribution in [0.2, 0.25) is 0 Å². The molecule has 5 atom stereocenters. The van der Waals surface area contributed by atoms with Crippen LogP contribution >= 0.6 is 7.37 Å². The fourth-order valence-electron chi connectivity index (χ4n) is 3.87. The van der Waals surface area contributed by atoms with Crippen molar-refractivity contribution in [3.8, 4) is 0 Å². The fraction of sp³-hybridized carbons (Fsp3) is 0.905. The number of amides is 2. The van der Waals surface area contributed by atoms with Crippen LogP contribution in [0.3, 0.4) is 0 Å². The first-order chi connectivity index (χ1) is 14.0. The highest BCUT2D eigenvalue weighted by Crippen LogP contribution is 2.45. The molecule has 176 valence electrons. The van der Waals surface area contributed by atoms with Crippen molar-refractivity contribution in [2.45, 2.75) is 84.4 Å². The Morgan fingerprint density at radius 3 is 2.27 bits per heavy atom. The second kappa shape index (κ2) is 12.8. The van der Waals surface area contributed by atoms with E-state index in [1.807, 2.05) is 27.7 Å². The number of rotatable bonds is 12. The summed E-state index contributed by atoms with van der Waals surface area (Å²) in [5.74, 6) is -0.762. The summed E-state index contributed by atoms with van der Waals surface area (Å²) in [5, 5.41) is 15.5. The lowest BCUT2D eigenvalue weighted by atomic mass is 9.91. The molecule has 1 saturated carbocycles. The molecule has 0 aliphatic heterocycles. The van der Waals surface area contributed by atoms with Crippen LogP contribution in [-0.4, -0.2) is 58.9 Å². The number of nitrogens with two attached hydrogens (primary N) is 1. The quantitative estimate of drug-likeness (QED) is 0.289. The van der Waals surface area contributed by atoms with Gasteiger partial charge in [-0.25, -0.2) is 0 Å². The molecule has 1 aliphatic rings. The predicted octanol–water partition coefficient (Wildman–Crippen LogP) is 1.83. The van der Waals surface area contributed by atoms with E-state index in [9.17, 15) is 24.2 Å². The maximum absolute atomic E-state index is 12.6. The molecule has 2 amide bonds. The highest BCUT2D eigenvalue weighted by Gasteiger charge is 2.30. The molecule has 0 aromatic heterocycles. The number of aliphatic hydroxyl groups excluding tert-OH is 1. The Labute approximate surface area is 181 Å². The van der Waals surface area contributed by atoms with Gasteiger partial charge in [0.15, 0.2) is 0 Å². The highest BCUT2D eigenvalue weighted by molar-refractivity contribution is 7.58. The number of carbonyl (C=O) groups excluding carboxylic acids is 2. The van der Waals surface area contributed by atoms with Crippen LogP contribution in [0.15, 0.2) is 0 Å². The summed E-state index contributed by atoms with van der Waals surface area (Å²) < 4.78 is 12.5. The van der Waals surface area contributed by atoms with Gasteiger partial charge in [-0.3, -0.25) is 14.2 Å². The van der Waals surface area contributed by atoms with Crippen LogP contribution in [0.1, 0.15) is 66.2 Å². The van der Waals surface area contributed by atoms with Gasteiger partial charge in [0.2, 0.25) is 19.2 Å². The zero-order chi connectivity index (χ0) is 22.9. The third kappa shape index (κ3) is 9.46. The molecule has 0 spiro atoms. The predicted molar refractivity (Wildman–Crippen MR) is 119 cm³/mol. The van der Waals surface area contributed by atoms with Crippen LogP contribution in [0.25, 0.3) is 0 Å². The van der Waals surface area contributed by atoms with Crippen molar-refractivity contribution in [2.24, 2.45) is 23.5 Å². The van der Waals surface area contributed by atoms with Gasteiger partial charge < -0.3 is 26.4 Å². The third-order valence-electron chi connectivity index (χ3n) is 6.08. The first kappa shape index (κ1) is 27.1. The molecular weight excluding hydrogens is 405 g/mol. The first-order valence-electron chi connectivity index (χ1n) is 11.3. The summed E-state index contributed by atoms with van der Waals surface area (Å²) in [6.45, 7) is 7.31. The summed E-state index contributed by atoms with van der Waals surface area (Å²) in [6.07, 6.45) is 4.92. The van der Waals surface area contributed by atoms with Gasteiger partial charge in [-0.05, 0) is 30.6 Å². The number of hydrogen-bond acceptors (Lipinski definition) is 5. The second-order valence-corrected chi connectivity index (χ2v) is 11.7. The van der Waals surface area contributed by atoms with Crippen LogP contribution in [0.4, 0.5) is 0 Å². The molecule has 0 aromatic rings. The van der Waals surface area contributed by atoms with E-state index in [0.717, 1.165) is 32.1 Å². The van der Waals surface area contributed by atoms with Crippen LogP contribution in [0.5, 0.6) is 0 Å². The average molecular weight is 448 g/mol. The lowest BCUT2D eigenvalue weighted by Gasteiger charge is -2.27. The number of aliphatic hydroxyl groups is 1. The average Bonchev–Trinajstić information content (AvgIpc) is 2.68.